The van der Waals surface area contributed by atoms with Crippen molar-refractivity contribution >= 4 is 45.7 Å². The molecule has 0 unspecified atom stereocenters. The Hall–Kier alpha value is -3.04. The lowest BCUT2D eigenvalue weighted by Crippen LogP contribution is -2.48. The van der Waals surface area contributed by atoms with E-state index in [9.17, 15) is 4.79 Å². The summed E-state index contributed by atoms with van der Waals surface area (Å²) in [5.41, 5.74) is 2.76. The standard InChI is InChI=1S/C24H24N4O3S2/c1-16-25-26-24(33-16)32-15-20-19-8-3-4-9-21(19)31-22(20)23(29)28-12-10-27(11-13-28)17-6-5-7-18(14-17)30-2/h3-9,14H,10-13,15H2,1-2H3. The lowest BCUT2D eigenvalue weighted by Gasteiger charge is -2.36. The Labute approximate surface area is 200 Å². The molecule has 1 fully saturated rings. The van der Waals surface area contributed by atoms with E-state index >= 15 is 0 Å². The molecule has 0 bridgehead atoms. The maximum Gasteiger partial charge on any atom is 0.290 e. The highest BCUT2D eigenvalue weighted by Gasteiger charge is 2.28. The molecule has 9 heteroatoms. The minimum atomic E-state index is -0.0551. The number of carbonyl (C=O) groups is 1. The van der Waals surface area contributed by atoms with E-state index in [4.69, 9.17) is 9.15 Å². The third kappa shape index (κ3) is 4.56. The summed E-state index contributed by atoms with van der Waals surface area (Å²) in [6.45, 7) is 4.72. The molecule has 0 saturated carbocycles. The number of rotatable bonds is 6. The summed E-state index contributed by atoms with van der Waals surface area (Å²) in [5.74, 6) is 1.82. The number of hydrogen-bond acceptors (Lipinski definition) is 8. The average molecular weight is 481 g/mol. The topological polar surface area (TPSA) is 71.7 Å². The van der Waals surface area contributed by atoms with Crippen molar-refractivity contribution in [1.82, 2.24) is 15.1 Å². The molecule has 170 valence electrons. The Bertz CT molecular complexity index is 1280. The van der Waals surface area contributed by atoms with E-state index < -0.39 is 0 Å². The van der Waals surface area contributed by atoms with Gasteiger partial charge in [0.25, 0.3) is 5.91 Å². The van der Waals surface area contributed by atoms with Crippen LogP contribution in [0.15, 0.2) is 57.3 Å². The zero-order valence-electron chi connectivity index (χ0n) is 18.5. The molecule has 0 aliphatic carbocycles. The van der Waals surface area contributed by atoms with Crippen molar-refractivity contribution in [2.75, 3.05) is 38.2 Å². The van der Waals surface area contributed by atoms with Crippen LogP contribution < -0.4 is 9.64 Å². The second-order valence-electron chi connectivity index (χ2n) is 7.76. The summed E-state index contributed by atoms with van der Waals surface area (Å²) < 4.78 is 12.3. The highest BCUT2D eigenvalue weighted by molar-refractivity contribution is 8.00. The van der Waals surface area contributed by atoms with E-state index in [0.717, 1.165) is 50.4 Å². The Kier molecular flexibility index (Phi) is 6.24. The number of nitrogens with zero attached hydrogens (tertiary/aromatic N) is 4. The third-order valence-corrected chi connectivity index (χ3v) is 7.72. The first-order chi connectivity index (χ1) is 16.1. The van der Waals surface area contributed by atoms with Crippen LogP contribution in [0.3, 0.4) is 0 Å². The summed E-state index contributed by atoms with van der Waals surface area (Å²) in [6, 6.07) is 15.9. The molecule has 5 rings (SSSR count). The lowest BCUT2D eigenvalue weighted by atomic mass is 10.1. The summed E-state index contributed by atoms with van der Waals surface area (Å²) >= 11 is 3.15. The molecule has 1 aliphatic rings. The molecule has 2 aromatic carbocycles. The monoisotopic (exact) mass is 480 g/mol. The molecule has 0 atom stereocenters. The Morgan fingerprint density at radius 2 is 1.94 bits per heavy atom. The molecule has 3 heterocycles. The zero-order valence-corrected chi connectivity index (χ0v) is 20.1. The van der Waals surface area contributed by atoms with E-state index in [1.54, 1.807) is 30.2 Å². The number of benzene rings is 2. The van der Waals surface area contributed by atoms with Gasteiger partial charge in [0.15, 0.2) is 10.1 Å². The van der Waals surface area contributed by atoms with E-state index in [1.165, 1.54) is 0 Å². The van der Waals surface area contributed by atoms with Crippen LogP contribution >= 0.6 is 23.1 Å². The van der Waals surface area contributed by atoms with Gasteiger partial charge in [0, 0.05) is 54.6 Å². The number of furan rings is 1. The highest BCUT2D eigenvalue weighted by atomic mass is 32.2. The van der Waals surface area contributed by atoms with Gasteiger partial charge in [0.2, 0.25) is 0 Å². The van der Waals surface area contributed by atoms with Crippen molar-refractivity contribution in [3.63, 3.8) is 0 Å². The van der Waals surface area contributed by atoms with E-state index in [-0.39, 0.29) is 5.91 Å². The van der Waals surface area contributed by atoms with Crippen LogP contribution in [0.1, 0.15) is 21.1 Å². The van der Waals surface area contributed by atoms with E-state index in [0.29, 0.717) is 24.6 Å². The molecule has 4 aromatic rings. The predicted molar refractivity (Wildman–Crippen MR) is 132 cm³/mol. The number of methoxy groups -OCH3 is 1. The van der Waals surface area contributed by atoms with E-state index in [2.05, 4.69) is 21.2 Å². The van der Waals surface area contributed by atoms with Gasteiger partial charge < -0.3 is 19.0 Å². The number of thioether (sulfide) groups is 1. The van der Waals surface area contributed by atoms with Gasteiger partial charge in [-0.05, 0) is 25.1 Å². The number of fused-ring (bicyclic) bond motifs is 1. The molecule has 0 spiro atoms. The van der Waals surface area contributed by atoms with Crippen molar-refractivity contribution in [2.24, 2.45) is 0 Å². The van der Waals surface area contributed by atoms with Crippen LogP contribution in [0.25, 0.3) is 11.0 Å². The Morgan fingerprint density at radius 1 is 1.12 bits per heavy atom. The number of carbonyl (C=O) groups excluding carboxylic acids is 1. The van der Waals surface area contributed by atoms with Crippen molar-refractivity contribution in [3.05, 3.63) is 64.9 Å². The number of amides is 1. The number of piperazine rings is 1. The largest absolute Gasteiger partial charge is 0.497 e. The van der Waals surface area contributed by atoms with Gasteiger partial charge in [0.1, 0.15) is 16.3 Å². The number of para-hydroxylation sites is 1. The van der Waals surface area contributed by atoms with Gasteiger partial charge in [-0.25, -0.2) is 0 Å². The van der Waals surface area contributed by atoms with Crippen LogP contribution in [-0.2, 0) is 5.75 Å². The summed E-state index contributed by atoms with van der Waals surface area (Å²) in [6.07, 6.45) is 0. The van der Waals surface area contributed by atoms with Gasteiger partial charge in [-0.3, -0.25) is 4.79 Å². The van der Waals surface area contributed by atoms with Crippen molar-refractivity contribution in [1.29, 1.82) is 0 Å². The third-order valence-electron chi connectivity index (χ3n) is 5.73. The van der Waals surface area contributed by atoms with Crippen molar-refractivity contribution in [2.45, 2.75) is 17.0 Å². The molecular formula is C24H24N4O3S2. The lowest BCUT2D eigenvalue weighted by molar-refractivity contribution is 0.0716. The molecule has 1 saturated heterocycles. The maximum absolute atomic E-state index is 13.5. The first-order valence-electron chi connectivity index (χ1n) is 10.7. The van der Waals surface area contributed by atoms with Crippen molar-refractivity contribution < 1.29 is 13.9 Å². The molecule has 1 aliphatic heterocycles. The number of ether oxygens (including phenoxy) is 1. The molecular weight excluding hydrogens is 456 g/mol. The normalized spacial score (nSPS) is 14.1. The fourth-order valence-corrected chi connectivity index (χ4v) is 5.85. The van der Waals surface area contributed by atoms with Gasteiger partial charge in [-0.2, -0.15) is 0 Å². The number of hydrogen-bond donors (Lipinski definition) is 0. The highest BCUT2D eigenvalue weighted by Crippen LogP contribution is 2.34. The molecule has 1 amide bonds. The molecule has 2 aromatic heterocycles. The average Bonchev–Trinajstić information content (AvgIpc) is 3.45. The van der Waals surface area contributed by atoms with Crippen LogP contribution in [0.2, 0.25) is 0 Å². The molecule has 0 N–H and O–H groups in total. The first-order valence-corrected chi connectivity index (χ1v) is 12.5. The Balaban J connectivity index is 1.34. The maximum atomic E-state index is 13.5. The number of anilines is 1. The van der Waals surface area contributed by atoms with Gasteiger partial charge in [0.05, 0.1) is 7.11 Å². The zero-order chi connectivity index (χ0) is 22.8. The SMILES string of the molecule is COc1cccc(N2CCN(C(=O)c3oc4ccccc4c3CSc3nnc(C)s3)CC2)c1. The van der Waals surface area contributed by atoms with Gasteiger partial charge >= 0.3 is 0 Å². The van der Waals surface area contributed by atoms with Crippen LogP contribution in [0.4, 0.5) is 5.69 Å². The van der Waals surface area contributed by atoms with Gasteiger partial charge in [-0.15, -0.1) is 10.2 Å². The second-order valence-corrected chi connectivity index (χ2v) is 10.2. The minimum absolute atomic E-state index is 0.0551. The second kappa shape index (κ2) is 9.44. The smallest absolute Gasteiger partial charge is 0.290 e. The Morgan fingerprint density at radius 3 is 2.70 bits per heavy atom. The first kappa shape index (κ1) is 21.8. The number of aryl methyl sites for hydroxylation is 1. The van der Waals surface area contributed by atoms with E-state index in [1.807, 2.05) is 54.3 Å². The summed E-state index contributed by atoms with van der Waals surface area (Å²) in [4.78, 5) is 17.7. The van der Waals surface area contributed by atoms with Gasteiger partial charge in [-0.1, -0.05) is 47.4 Å². The predicted octanol–water partition coefficient (Wildman–Crippen LogP) is 4.86. The van der Waals surface area contributed by atoms with Crippen LogP contribution in [0, 0.1) is 6.92 Å². The quantitative estimate of drug-likeness (QED) is 0.365. The molecule has 0 radical (unpaired) electrons. The van der Waals surface area contributed by atoms with Crippen LogP contribution in [-0.4, -0.2) is 54.3 Å². The van der Waals surface area contributed by atoms with Crippen LogP contribution in [0.5, 0.6) is 5.75 Å². The fraction of sp³-hybridized carbons (Fsp3) is 0.292. The van der Waals surface area contributed by atoms with Crippen molar-refractivity contribution in [3.8, 4) is 5.75 Å². The minimum Gasteiger partial charge on any atom is -0.497 e. The summed E-state index contributed by atoms with van der Waals surface area (Å²) in [7, 11) is 1.67. The fourth-order valence-electron chi connectivity index (χ4n) is 4.00. The number of aromatic nitrogens is 2. The molecule has 7 nitrogen and oxygen atoms in total. The molecule has 33 heavy (non-hydrogen) atoms. The summed E-state index contributed by atoms with van der Waals surface area (Å²) in [5, 5.41) is 10.2.